The fourth-order valence-corrected chi connectivity index (χ4v) is 3.16. The molecule has 0 amide bonds. The van der Waals surface area contributed by atoms with Gasteiger partial charge in [0, 0.05) is 22.0 Å². The summed E-state index contributed by atoms with van der Waals surface area (Å²) in [5.74, 6) is 1.46. The van der Waals surface area contributed by atoms with E-state index in [2.05, 4.69) is 29.3 Å². The van der Waals surface area contributed by atoms with Crippen molar-refractivity contribution in [3.05, 3.63) is 63.4 Å². The van der Waals surface area contributed by atoms with Gasteiger partial charge in [0.05, 0.1) is 5.52 Å². The molecule has 0 fully saturated rings. The van der Waals surface area contributed by atoms with Gasteiger partial charge in [0.15, 0.2) is 5.82 Å². The van der Waals surface area contributed by atoms with Crippen molar-refractivity contribution in [3.8, 4) is 0 Å². The Morgan fingerprint density at radius 3 is 2.61 bits per heavy atom. The highest BCUT2D eigenvalue weighted by Gasteiger charge is 2.07. The van der Waals surface area contributed by atoms with Gasteiger partial charge >= 0.3 is 0 Å². The number of nitrogens with one attached hydrogen (secondary N) is 1. The van der Waals surface area contributed by atoms with E-state index in [4.69, 9.17) is 28.2 Å². The molecule has 0 spiro atoms. The van der Waals surface area contributed by atoms with E-state index >= 15 is 0 Å². The quantitative estimate of drug-likeness (QED) is 0.497. The minimum absolute atomic E-state index is 0.637. The molecule has 0 bridgehead atoms. The zero-order valence-electron chi connectivity index (χ0n) is 16.3. The number of benzene rings is 2. The summed E-state index contributed by atoms with van der Waals surface area (Å²) in [5.41, 5.74) is 2.92. The molecule has 3 aromatic rings. The molecule has 0 radical (unpaired) electrons. The normalized spacial score (nSPS) is 11.6. The molecule has 2 aromatic carbocycles. The van der Waals surface area contributed by atoms with Crippen molar-refractivity contribution in [1.29, 1.82) is 0 Å². The minimum Gasteiger partial charge on any atom is -0.369 e. The standard InChI is InChI=1S/C22H24Cl2N4/c1-15-13-16(5-9-19(15)24)6-10-21-26-20-14-17(23)7-8-18(20)22(27-21)25-11-4-12-28(2)3/h5-10,13-14H,4,11-12H2,1-3H3,(H,25,26,27)/b10-6+. The van der Waals surface area contributed by atoms with E-state index in [1.54, 1.807) is 0 Å². The van der Waals surface area contributed by atoms with Gasteiger partial charge in [-0.05, 0) is 75.5 Å². The minimum atomic E-state index is 0.637. The fourth-order valence-electron chi connectivity index (χ4n) is 2.87. The maximum Gasteiger partial charge on any atom is 0.154 e. The Labute approximate surface area is 176 Å². The monoisotopic (exact) mass is 414 g/mol. The van der Waals surface area contributed by atoms with E-state index in [1.165, 1.54) is 0 Å². The van der Waals surface area contributed by atoms with Crippen LogP contribution in [0.1, 0.15) is 23.4 Å². The molecule has 1 N–H and O–H groups in total. The molecule has 1 heterocycles. The van der Waals surface area contributed by atoms with Crippen molar-refractivity contribution in [2.45, 2.75) is 13.3 Å². The van der Waals surface area contributed by atoms with Crippen molar-refractivity contribution < 1.29 is 0 Å². The van der Waals surface area contributed by atoms with Crippen LogP contribution in [0.3, 0.4) is 0 Å². The van der Waals surface area contributed by atoms with E-state index in [-0.39, 0.29) is 0 Å². The Hall–Kier alpha value is -2.14. The van der Waals surface area contributed by atoms with Crippen LogP contribution in [0.5, 0.6) is 0 Å². The number of rotatable bonds is 7. The van der Waals surface area contributed by atoms with E-state index in [9.17, 15) is 0 Å². The summed E-state index contributed by atoms with van der Waals surface area (Å²) in [4.78, 5) is 11.5. The highest BCUT2D eigenvalue weighted by atomic mass is 35.5. The van der Waals surface area contributed by atoms with Gasteiger partial charge in [-0.25, -0.2) is 9.97 Å². The summed E-state index contributed by atoms with van der Waals surface area (Å²) in [6.45, 7) is 3.85. The summed E-state index contributed by atoms with van der Waals surface area (Å²) in [5, 5.41) is 5.83. The highest BCUT2D eigenvalue weighted by Crippen LogP contribution is 2.24. The van der Waals surface area contributed by atoms with Crippen LogP contribution in [0.25, 0.3) is 23.1 Å². The number of hydrogen-bond donors (Lipinski definition) is 1. The van der Waals surface area contributed by atoms with Crippen LogP contribution in [0, 0.1) is 6.92 Å². The van der Waals surface area contributed by atoms with E-state index in [0.29, 0.717) is 10.8 Å². The van der Waals surface area contributed by atoms with Crippen LogP contribution < -0.4 is 5.32 Å². The summed E-state index contributed by atoms with van der Waals surface area (Å²) in [6.07, 6.45) is 4.93. The Bertz CT molecular complexity index is 999. The first-order valence-corrected chi connectivity index (χ1v) is 9.98. The van der Waals surface area contributed by atoms with Gasteiger partial charge in [-0.3, -0.25) is 0 Å². The zero-order valence-corrected chi connectivity index (χ0v) is 17.8. The lowest BCUT2D eigenvalue weighted by atomic mass is 10.1. The maximum absolute atomic E-state index is 6.17. The van der Waals surface area contributed by atoms with Gasteiger partial charge in [0.2, 0.25) is 0 Å². The van der Waals surface area contributed by atoms with Gasteiger partial charge in [-0.15, -0.1) is 0 Å². The van der Waals surface area contributed by atoms with Crippen molar-refractivity contribution in [2.75, 3.05) is 32.5 Å². The number of fused-ring (bicyclic) bond motifs is 1. The molecule has 0 saturated heterocycles. The Balaban J connectivity index is 1.88. The van der Waals surface area contributed by atoms with Gasteiger partial charge in [0.25, 0.3) is 0 Å². The summed E-state index contributed by atoms with van der Waals surface area (Å²) >= 11 is 12.3. The topological polar surface area (TPSA) is 41.1 Å². The third-order valence-corrected chi connectivity index (χ3v) is 5.02. The predicted octanol–water partition coefficient (Wildman–Crippen LogP) is 5.78. The van der Waals surface area contributed by atoms with Gasteiger partial charge < -0.3 is 10.2 Å². The molecule has 0 unspecified atom stereocenters. The molecule has 28 heavy (non-hydrogen) atoms. The van der Waals surface area contributed by atoms with Gasteiger partial charge in [-0.1, -0.05) is 41.4 Å². The highest BCUT2D eigenvalue weighted by molar-refractivity contribution is 6.31. The lowest BCUT2D eigenvalue weighted by Crippen LogP contribution is -2.17. The summed E-state index contributed by atoms with van der Waals surface area (Å²) in [7, 11) is 4.15. The van der Waals surface area contributed by atoms with Crippen molar-refractivity contribution in [1.82, 2.24) is 14.9 Å². The molecule has 0 aliphatic carbocycles. The largest absolute Gasteiger partial charge is 0.369 e. The SMILES string of the molecule is Cc1cc(/C=C/c2nc(NCCCN(C)C)c3ccc(Cl)cc3n2)ccc1Cl. The third-order valence-electron chi connectivity index (χ3n) is 4.36. The first kappa shape index (κ1) is 20.6. The summed E-state index contributed by atoms with van der Waals surface area (Å²) < 4.78 is 0. The van der Waals surface area contributed by atoms with Crippen LogP contribution >= 0.6 is 23.2 Å². The van der Waals surface area contributed by atoms with Crippen molar-refractivity contribution in [3.63, 3.8) is 0 Å². The zero-order chi connectivity index (χ0) is 20.1. The molecule has 6 heteroatoms. The molecule has 3 rings (SSSR count). The van der Waals surface area contributed by atoms with E-state index < -0.39 is 0 Å². The first-order valence-electron chi connectivity index (χ1n) is 9.22. The number of nitrogens with zero attached hydrogens (tertiary/aromatic N) is 3. The molecular weight excluding hydrogens is 391 g/mol. The number of aromatic nitrogens is 2. The van der Waals surface area contributed by atoms with Crippen molar-refractivity contribution >= 4 is 52.1 Å². The predicted molar refractivity (Wildman–Crippen MR) is 121 cm³/mol. The molecule has 1 aromatic heterocycles. The first-order chi connectivity index (χ1) is 13.4. The lowest BCUT2D eigenvalue weighted by molar-refractivity contribution is 0.405. The van der Waals surface area contributed by atoms with Crippen LogP contribution in [-0.2, 0) is 0 Å². The summed E-state index contributed by atoms with van der Waals surface area (Å²) in [6, 6.07) is 11.6. The van der Waals surface area contributed by atoms with Gasteiger partial charge in [-0.2, -0.15) is 0 Å². The maximum atomic E-state index is 6.17. The number of aryl methyl sites for hydroxylation is 1. The molecule has 0 aliphatic heterocycles. The molecule has 0 atom stereocenters. The number of halogens is 2. The second-order valence-electron chi connectivity index (χ2n) is 7.02. The molecule has 0 saturated carbocycles. The Morgan fingerprint density at radius 2 is 1.86 bits per heavy atom. The third kappa shape index (κ3) is 5.44. The Kier molecular flexibility index (Phi) is 6.89. The Morgan fingerprint density at radius 1 is 1.04 bits per heavy atom. The van der Waals surface area contributed by atoms with Gasteiger partial charge in [0.1, 0.15) is 5.82 Å². The van der Waals surface area contributed by atoms with Crippen LogP contribution in [0.15, 0.2) is 36.4 Å². The van der Waals surface area contributed by atoms with Crippen LogP contribution in [0.2, 0.25) is 10.0 Å². The smallest absolute Gasteiger partial charge is 0.154 e. The van der Waals surface area contributed by atoms with E-state index in [0.717, 1.165) is 52.4 Å². The molecular formula is C22H24Cl2N4. The van der Waals surface area contributed by atoms with Crippen LogP contribution in [-0.4, -0.2) is 42.1 Å². The molecule has 146 valence electrons. The van der Waals surface area contributed by atoms with Crippen LogP contribution in [0.4, 0.5) is 5.82 Å². The van der Waals surface area contributed by atoms with Crippen molar-refractivity contribution in [2.24, 2.45) is 0 Å². The fraction of sp³-hybridized carbons (Fsp3) is 0.273. The second-order valence-corrected chi connectivity index (χ2v) is 7.86. The average Bonchev–Trinajstić information content (AvgIpc) is 2.65. The second kappa shape index (κ2) is 9.37. The number of hydrogen-bond acceptors (Lipinski definition) is 4. The lowest BCUT2D eigenvalue weighted by Gasteiger charge is -2.12. The number of anilines is 1. The molecule has 4 nitrogen and oxygen atoms in total. The molecule has 0 aliphatic rings. The average molecular weight is 415 g/mol. The van der Waals surface area contributed by atoms with E-state index in [1.807, 2.05) is 55.5 Å².